The van der Waals surface area contributed by atoms with Crippen LogP contribution in [0.25, 0.3) is 5.65 Å². The van der Waals surface area contributed by atoms with Gasteiger partial charge in [-0.25, -0.2) is 4.98 Å². The van der Waals surface area contributed by atoms with Crippen molar-refractivity contribution in [1.29, 1.82) is 0 Å². The molecule has 0 saturated carbocycles. The van der Waals surface area contributed by atoms with Crippen LogP contribution >= 0.6 is 15.9 Å². The number of nitrogens with one attached hydrogen (secondary N) is 2. The fraction of sp³-hybridized carbons (Fsp3) is 0.333. The van der Waals surface area contributed by atoms with Crippen LogP contribution in [-0.4, -0.2) is 32.1 Å². The van der Waals surface area contributed by atoms with Gasteiger partial charge in [0.2, 0.25) is 0 Å². The lowest BCUT2D eigenvalue weighted by Crippen LogP contribution is -2.29. The molecule has 132 valence electrons. The van der Waals surface area contributed by atoms with Gasteiger partial charge in [0.25, 0.3) is 0 Å². The zero-order valence-corrected chi connectivity index (χ0v) is 15.9. The van der Waals surface area contributed by atoms with E-state index >= 15 is 0 Å². The maximum atomic E-state index is 9.59. The summed E-state index contributed by atoms with van der Waals surface area (Å²) in [5.74, 6) is 0.318. The predicted octanol–water partition coefficient (Wildman–Crippen LogP) is 3.53. The van der Waals surface area contributed by atoms with Gasteiger partial charge in [-0.15, -0.1) is 0 Å². The SMILES string of the molecule is CC(C)C(CO)Nc1cc(NCc2cccnc2)c2ncc(Br)n2c1. The lowest BCUT2D eigenvalue weighted by Gasteiger charge is -2.22. The van der Waals surface area contributed by atoms with Crippen LogP contribution in [0.15, 0.2) is 47.6 Å². The van der Waals surface area contributed by atoms with E-state index < -0.39 is 0 Å². The third-order valence-electron chi connectivity index (χ3n) is 4.12. The highest BCUT2D eigenvalue weighted by Crippen LogP contribution is 2.26. The van der Waals surface area contributed by atoms with E-state index in [0.717, 1.165) is 27.2 Å². The standard InChI is InChI=1S/C18H22BrN5O/c1-12(2)16(11-25)23-14-6-15(18-22-9-17(19)24(18)10-14)21-8-13-4-3-5-20-7-13/h3-7,9-10,12,16,21,23,25H,8,11H2,1-2H3. The fourth-order valence-electron chi connectivity index (χ4n) is 2.60. The molecule has 3 rings (SSSR count). The fourth-order valence-corrected chi connectivity index (χ4v) is 2.98. The topological polar surface area (TPSA) is 74.5 Å². The zero-order chi connectivity index (χ0) is 17.8. The summed E-state index contributed by atoms with van der Waals surface area (Å²) in [4.78, 5) is 8.61. The number of imidazole rings is 1. The number of aliphatic hydroxyl groups is 1. The molecular formula is C18H22BrN5O. The van der Waals surface area contributed by atoms with Crippen molar-refractivity contribution in [2.75, 3.05) is 17.2 Å². The summed E-state index contributed by atoms with van der Waals surface area (Å²) in [6, 6.07) is 5.97. The van der Waals surface area contributed by atoms with E-state index in [9.17, 15) is 5.11 Å². The van der Waals surface area contributed by atoms with Crippen molar-refractivity contribution in [2.24, 2.45) is 5.92 Å². The first-order valence-electron chi connectivity index (χ1n) is 8.25. The van der Waals surface area contributed by atoms with Gasteiger partial charge in [-0.1, -0.05) is 19.9 Å². The highest BCUT2D eigenvalue weighted by atomic mass is 79.9. The summed E-state index contributed by atoms with van der Waals surface area (Å²) < 4.78 is 2.85. The smallest absolute Gasteiger partial charge is 0.161 e. The second kappa shape index (κ2) is 7.84. The van der Waals surface area contributed by atoms with Crippen LogP contribution in [0, 0.1) is 5.92 Å². The Labute approximate surface area is 155 Å². The molecular weight excluding hydrogens is 382 g/mol. The average molecular weight is 404 g/mol. The van der Waals surface area contributed by atoms with Gasteiger partial charge in [-0.05, 0) is 39.5 Å². The largest absolute Gasteiger partial charge is 0.394 e. The third kappa shape index (κ3) is 4.11. The molecule has 3 aromatic rings. The Balaban J connectivity index is 1.90. The second-order valence-electron chi connectivity index (χ2n) is 6.31. The van der Waals surface area contributed by atoms with Gasteiger partial charge < -0.3 is 15.7 Å². The van der Waals surface area contributed by atoms with Crippen molar-refractivity contribution in [3.63, 3.8) is 0 Å². The molecule has 1 unspecified atom stereocenters. The van der Waals surface area contributed by atoms with Crippen LogP contribution in [0.4, 0.5) is 11.4 Å². The molecule has 0 fully saturated rings. The van der Waals surface area contributed by atoms with E-state index in [0.29, 0.717) is 12.5 Å². The van der Waals surface area contributed by atoms with E-state index in [1.165, 1.54) is 0 Å². The Morgan fingerprint density at radius 1 is 1.32 bits per heavy atom. The molecule has 0 saturated heterocycles. The van der Waals surface area contributed by atoms with Crippen LogP contribution in [0.3, 0.4) is 0 Å². The molecule has 3 aromatic heterocycles. The molecule has 0 bridgehead atoms. The first-order chi connectivity index (χ1) is 12.1. The lowest BCUT2D eigenvalue weighted by molar-refractivity contribution is 0.249. The minimum absolute atomic E-state index is 0.00841. The van der Waals surface area contributed by atoms with Gasteiger partial charge in [0.1, 0.15) is 4.60 Å². The molecule has 3 heterocycles. The maximum Gasteiger partial charge on any atom is 0.161 e. The summed E-state index contributed by atoms with van der Waals surface area (Å²) in [5, 5.41) is 16.4. The molecule has 25 heavy (non-hydrogen) atoms. The molecule has 0 radical (unpaired) electrons. The summed E-state index contributed by atoms with van der Waals surface area (Å²) in [6.07, 6.45) is 7.36. The lowest BCUT2D eigenvalue weighted by atomic mass is 10.1. The minimum atomic E-state index is -0.00841. The number of aliphatic hydroxyl groups excluding tert-OH is 1. The highest BCUT2D eigenvalue weighted by Gasteiger charge is 2.14. The predicted molar refractivity (Wildman–Crippen MR) is 104 cm³/mol. The van der Waals surface area contributed by atoms with Crippen LogP contribution in [0.2, 0.25) is 0 Å². The number of nitrogens with zero attached hydrogens (tertiary/aromatic N) is 3. The number of anilines is 2. The van der Waals surface area contributed by atoms with Crippen molar-refractivity contribution in [1.82, 2.24) is 14.4 Å². The molecule has 0 aliphatic carbocycles. The highest BCUT2D eigenvalue weighted by molar-refractivity contribution is 9.10. The number of hydrogen-bond donors (Lipinski definition) is 3. The van der Waals surface area contributed by atoms with Gasteiger partial charge in [0.05, 0.1) is 30.2 Å². The van der Waals surface area contributed by atoms with Crippen LogP contribution in [0.1, 0.15) is 19.4 Å². The minimum Gasteiger partial charge on any atom is -0.394 e. The second-order valence-corrected chi connectivity index (χ2v) is 7.12. The summed E-state index contributed by atoms with van der Waals surface area (Å²) in [5.41, 5.74) is 3.78. The van der Waals surface area contributed by atoms with Gasteiger partial charge in [0, 0.05) is 25.1 Å². The quantitative estimate of drug-likeness (QED) is 0.562. The Hall–Kier alpha value is -2.12. The van der Waals surface area contributed by atoms with Crippen molar-refractivity contribution in [3.05, 3.63) is 53.2 Å². The third-order valence-corrected chi connectivity index (χ3v) is 4.71. The Morgan fingerprint density at radius 2 is 2.16 bits per heavy atom. The number of aromatic nitrogens is 3. The monoisotopic (exact) mass is 403 g/mol. The summed E-state index contributed by atoms with van der Waals surface area (Å²) >= 11 is 3.53. The van der Waals surface area contributed by atoms with Gasteiger partial charge in [0.15, 0.2) is 5.65 Å². The molecule has 0 aromatic carbocycles. The number of halogens is 1. The van der Waals surface area contributed by atoms with E-state index in [4.69, 9.17) is 0 Å². The van der Waals surface area contributed by atoms with Crippen molar-refractivity contribution in [2.45, 2.75) is 26.4 Å². The Kier molecular flexibility index (Phi) is 5.55. The zero-order valence-electron chi connectivity index (χ0n) is 14.3. The number of fused-ring (bicyclic) bond motifs is 1. The number of pyridine rings is 2. The molecule has 1 atom stereocenters. The first kappa shape index (κ1) is 17.7. The Bertz CT molecular complexity index is 834. The van der Waals surface area contributed by atoms with Crippen LogP contribution < -0.4 is 10.6 Å². The van der Waals surface area contributed by atoms with E-state index in [1.54, 1.807) is 12.4 Å². The van der Waals surface area contributed by atoms with Crippen molar-refractivity contribution in [3.8, 4) is 0 Å². The molecule has 0 aliphatic rings. The van der Waals surface area contributed by atoms with Crippen molar-refractivity contribution >= 4 is 33.0 Å². The number of hydrogen-bond acceptors (Lipinski definition) is 5. The molecule has 3 N–H and O–H groups in total. The van der Waals surface area contributed by atoms with Crippen LogP contribution in [0.5, 0.6) is 0 Å². The molecule has 7 heteroatoms. The average Bonchev–Trinajstić information content (AvgIpc) is 2.99. The molecule has 6 nitrogen and oxygen atoms in total. The molecule has 0 spiro atoms. The Morgan fingerprint density at radius 3 is 2.84 bits per heavy atom. The molecule has 0 aliphatic heterocycles. The van der Waals surface area contributed by atoms with Gasteiger partial charge >= 0.3 is 0 Å². The van der Waals surface area contributed by atoms with Crippen LogP contribution in [-0.2, 0) is 6.54 Å². The maximum absolute atomic E-state index is 9.59. The normalized spacial score (nSPS) is 12.5. The van der Waals surface area contributed by atoms with Gasteiger partial charge in [-0.3, -0.25) is 9.38 Å². The van der Waals surface area contributed by atoms with E-state index in [-0.39, 0.29) is 12.6 Å². The summed E-state index contributed by atoms with van der Waals surface area (Å²) in [6.45, 7) is 4.91. The van der Waals surface area contributed by atoms with E-state index in [2.05, 4.69) is 50.4 Å². The molecule has 0 amide bonds. The number of rotatable bonds is 7. The van der Waals surface area contributed by atoms with Crippen molar-refractivity contribution < 1.29 is 5.11 Å². The van der Waals surface area contributed by atoms with Gasteiger partial charge in [-0.2, -0.15) is 0 Å². The first-order valence-corrected chi connectivity index (χ1v) is 9.04. The van der Waals surface area contributed by atoms with E-state index in [1.807, 2.05) is 35.0 Å². The summed E-state index contributed by atoms with van der Waals surface area (Å²) in [7, 11) is 0.